The first-order chi connectivity index (χ1) is 11.1. The van der Waals surface area contributed by atoms with Gasteiger partial charge in [-0.25, -0.2) is 4.79 Å². The van der Waals surface area contributed by atoms with Crippen LogP contribution in [-0.2, 0) is 6.54 Å². The van der Waals surface area contributed by atoms with Crippen LogP contribution < -0.4 is 11.2 Å². The van der Waals surface area contributed by atoms with Crippen LogP contribution in [0.4, 0.5) is 0 Å². The molecule has 0 amide bonds. The molecular formula is C18H20N2O3. The van der Waals surface area contributed by atoms with Crippen LogP contribution in [0.2, 0.25) is 0 Å². The first kappa shape index (κ1) is 15.5. The molecule has 3 rings (SSSR count). The zero-order valence-corrected chi connectivity index (χ0v) is 13.2. The fraction of sp³-hybridized carbons (Fsp3) is 0.389. The molecule has 1 aliphatic carbocycles. The van der Waals surface area contributed by atoms with Crippen molar-refractivity contribution in [2.45, 2.75) is 45.2 Å². The Morgan fingerprint density at radius 1 is 1.13 bits per heavy atom. The van der Waals surface area contributed by atoms with Gasteiger partial charge in [0.15, 0.2) is 5.78 Å². The number of Topliss-reactive ketones (excluding diaryl/α,β-unsaturated/α-hetero) is 1. The van der Waals surface area contributed by atoms with Gasteiger partial charge in [0, 0.05) is 12.2 Å². The van der Waals surface area contributed by atoms with Crippen molar-refractivity contribution in [3.63, 3.8) is 0 Å². The first-order valence-corrected chi connectivity index (χ1v) is 7.99. The molecule has 2 aromatic rings. The van der Waals surface area contributed by atoms with Gasteiger partial charge in [-0.15, -0.1) is 0 Å². The van der Waals surface area contributed by atoms with Crippen molar-refractivity contribution in [3.8, 4) is 0 Å². The summed E-state index contributed by atoms with van der Waals surface area (Å²) < 4.78 is 2.78. The van der Waals surface area contributed by atoms with Crippen LogP contribution >= 0.6 is 0 Å². The van der Waals surface area contributed by atoms with Crippen LogP contribution in [0.3, 0.4) is 0 Å². The average Bonchev–Trinajstić information content (AvgIpc) is 3.06. The Kier molecular flexibility index (Phi) is 4.28. The molecule has 1 heterocycles. The molecule has 0 bridgehead atoms. The molecule has 0 radical (unpaired) electrons. The number of hydrogen-bond donors (Lipinski definition) is 0. The van der Waals surface area contributed by atoms with Crippen LogP contribution in [0.1, 0.15) is 54.6 Å². The van der Waals surface area contributed by atoms with E-state index < -0.39 is 5.56 Å². The lowest BCUT2D eigenvalue weighted by atomic mass is 10.2. The molecule has 120 valence electrons. The third-order valence-electron chi connectivity index (χ3n) is 4.48. The first-order valence-electron chi connectivity index (χ1n) is 7.99. The Balaban J connectivity index is 2.14. The third kappa shape index (κ3) is 3.04. The topological polar surface area (TPSA) is 61.1 Å². The predicted molar refractivity (Wildman–Crippen MR) is 88.0 cm³/mol. The van der Waals surface area contributed by atoms with Gasteiger partial charge < -0.3 is 0 Å². The van der Waals surface area contributed by atoms with Crippen molar-refractivity contribution in [2.75, 3.05) is 0 Å². The van der Waals surface area contributed by atoms with E-state index in [0.29, 0.717) is 0 Å². The van der Waals surface area contributed by atoms with E-state index in [1.807, 2.05) is 30.3 Å². The van der Waals surface area contributed by atoms with Crippen LogP contribution in [0.5, 0.6) is 0 Å². The van der Waals surface area contributed by atoms with E-state index in [9.17, 15) is 14.4 Å². The Labute approximate surface area is 134 Å². The van der Waals surface area contributed by atoms with E-state index >= 15 is 0 Å². The third-order valence-corrected chi connectivity index (χ3v) is 4.48. The summed E-state index contributed by atoms with van der Waals surface area (Å²) in [6.45, 7) is 1.55. The second-order valence-corrected chi connectivity index (χ2v) is 6.10. The lowest BCUT2D eigenvalue weighted by Gasteiger charge is -2.17. The van der Waals surface area contributed by atoms with Gasteiger partial charge in [-0.1, -0.05) is 43.2 Å². The minimum atomic E-state index is -0.499. The van der Waals surface area contributed by atoms with E-state index in [0.717, 1.165) is 31.2 Å². The Hall–Kier alpha value is -2.43. The van der Waals surface area contributed by atoms with E-state index in [4.69, 9.17) is 0 Å². The average molecular weight is 312 g/mol. The Bertz CT molecular complexity index is 828. The van der Waals surface area contributed by atoms with Gasteiger partial charge in [0.25, 0.3) is 5.56 Å². The van der Waals surface area contributed by atoms with Gasteiger partial charge in [0.2, 0.25) is 0 Å². The molecule has 0 N–H and O–H groups in total. The normalized spacial score (nSPS) is 15.0. The maximum atomic E-state index is 12.8. The van der Waals surface area contributed by atoms with E-state index in [-0.39, 0.29) is 29.6 Å². The zero-order chi connectivity index (χ0) is 16.4. The molecule has 5 nitrogen and oxygen atoms in total. The molecule has 1 aliphatic rings. The highest BCUT2D eigenvalue weighted by Crippen LogP contribution is 2.28. The van der Waals surface area contributed by atoms with Crippen LogP contribution in [0.15, 0.2) is 46.1 Å². The predicted octanol–water partition coefficient (Wildman–Crippen LogP) is 2.38. The maximum Gasteiger partial charge on any atom is 0.331 e. The lowest BCUT2D eigenvalue weighted by Crippen LogP contribution is -2.43. The number of hydrogen-bond acceptors (Lipinski definition) is 3. The van der Waals surface area contributed by atoms with Crippen LogP contribution in [-0.4, -0.2) is 14.9 Å². The smallest absolute Gasteiger partial charge is 0.297 e. The largest absolute Gasteiger partial charge is 0.331 e. The molecule has 0 saturated heterocycles. The summed E-state index contributed by atoms with van der Waals surface area (Å²) in [6.07, 6.45) is 5.45. The Morgan fingerprint density at radius 3 is 2.39 bits per heavy atom. The lowest BCUT2D eigenvalue weighted by molar-refractivity contribution is 0.101. The molecule has 1 aromatic carbocycles. The maximum absolute atomic E-state index is 12.8. The summed E-state index contributed by atoms with van der Waals surface area (Å²) in [4.78, 5) is 37.1. The second kappa shape index (κ2) is 6.36. The number of benzene rings is 1. The van der Waals surface area contributed by atoms with Gasteiger partial charge in [0.05, 0.1) is 12.1 Å². The molecular weight excluding hydrogens is 292 g/mol. The molecule has 0 aliphatic heterocycles. The quantitative estimate of drug-likeness (QED) is 0.814. The highest BCUT2D eigenvalue weighted by molar-refractivity contribution is 5.93. The second-order valence-electron chi connectivity index (χ2n) is 6.10. The highest BCUT2D eigenvalue weighted by Gasteiger charge is 2.22. The highest BCUT2D eigenvalue weighted by atomic mass is 16.2. The minimum Gasteiger partial charge on any atom is -0.297 e. The van der Waals surface area contributed by atoms with Crippen molar-refractivity contribution in [1.82, 2.24) is 9.13 Å². The van der Waals surface area contributed by atoms with Gasteiger partial charge in [-0.2, -0.15) is 0 Å². The van der Waals surface area contributed by atoms with Crippen molar-refractivity contribution in [2.24, 2.45) is 0 Å². The van der Waals surface area contributed by atoms with E-state index in [1.165, 1.54) is 17.7 Å². The van der Waals surface area contributed by atoms with Crippen molar-refractivity contribution in [3.05, 3.63) is 68.5 Å². The number of aromatic nitrogens is 2. The molecule has 1 saturated carbocycles. The SMILES string of the molecule is CC(=O)c1cn(C2CCCC2)c(=O)n(Cc2ccccc2)c1=O. The van der Waals surface area contributed by atoms with Crippen molar-refractivity contribution < 1.29 is 4.79 Å². The van der Waals surface area contributed by atoms with Crippen LogP contribution in [0, 0.1) is 0 Å². The summed E-state index contributed by atoms with van der Waals surface area (Å²) in [5.74, 6) is -0.302. The van der Waals surface area contributed by atoms with Gasteiger partial charge in [-0.3, -0.25) is 18.7 Å². The number of carbonyl (C=O) groups is 1. The molecule has 0 unspecified atom stereocenters. The van der Waals surface area contributed by atoms with Gasteiger partial charge in [-0.05, 0) is 25.3 Å². The molecule has 23 heavy (non-hydrogen) atoms. The monoisotopic (exact) mass is 312 g/mol. The molecule has 0 atom stereocenters. The fourth-order valence-corrected chi connectivity index (χ4v) is 3.21. The number of nitrogens with zero attached hydrogens (tertiary/aromatic N) is 2. The van der Waals surface area contributed by atoms with Crippen molar-refractivity contribution in [1.29, 1.82) is 0 Å². The summed E-state index contributed by atoms with van der Waals surface area (Å²) in [6, 6.07) is 9.44. The van der Waals surface area contributed by atoms with Crippen molar-refractivity contribution >= 4 is 5.78 Å². The summed E-state index contributed by atoms with van der Waals surface area (Å²) in [5, 5.41) is 0. The number of rotatable bonds is 4. The van der Waals surface area contributed by atoms with Gasteiger partial charge in [0.1, 0.15) is 0 Å². The van der Waals surface area contributed by atoms with E-state index in [2.05, 4.69) is 0 Å². The minimum absolute atomic E-state index is 0.0863. The fourth-order valence-electron chi connectivity index (χ4n) is 3.21. The Morgan fingerprint density at radius 2 is 1.78 bits per heavy atom. The standard InChI is InChI=1S/C18H20N2O3/c1-13(21)16-12-19(15-9-5-6-10-15)18(23)20(17(16)22)11-14-7-3-2-4-8-14/h2-4,7-8,12,15H,5-6,9-11H2,1H3. The summed E-state index contributed by atoms with van der Waals surface area (Å²) in [5.41, 5.74) is 0.133. The van der Waals surface area contributed by atoms with E-state index in [1.54, 1.807) is 4.57 Å². The van der Waals surface area contributed by atoms with Crippen LogP contribution in [0.25, 0.3) is 0 Å². The zero-order valence-electron chi connectivity index (χ0n) is 13.2. The number of ketones is 1. The number of carbonyl (C=O) groups excluding carboxylic acids is 1. The van der Waals surface area contributed by atoms with Gasteiger partial charge >= 0.3 is 5.69 Å². The summed E-state index contributed by atoms with van der Waals surface area (Å²) in [7, 11) is 0. The molecule has 0 spiro atoms. The molecule has 1 aromatic heterocycles. The molecule has 5 heteroatoms. The molecule has 1 fully saturated rings. The summed E-state index contributed by atoms with van der Waals surface area (Å²) >= 11 is 0.